The van der Waals surface area contributed by atoms with Gasteiger partial charge in [0.05, 0.1) is 0 Å². The molecule has 1 aromatic rings. The van der Waals surface area contributed by atoms with Crippen LogP contribution in [0.1, 0.15) is 15.9 Å². The van der Waals surface area contributed by atoms with Crippen molar-refractivity contribution < 1.29 is 9.18 Å². The van der Waals surface area contributed by atoms with Crippen LogP contribution in [0.2, 0.25) is 0 Å². The predicted octanol–water partition coefficient (Wildman–Crippen LogP) is 0.919. The number of nitrogens with one attached hydrogen (secondary N) is 1. The molecule has 0 unspecified atom stereocenters. The first kappa shape index (κ1) is 10.7. The third-order valence-electron chi connectivity index (χ3n) is 1.87. The van der Waals surface area contributed by atoms with Crippen LogP contribution in [0.4, 0.5) is 4.39 Å². The van der Waals surface area contributed by atoms with Crippen LogP contribution in [0.3, 0.4) is 0 Å². The van der Waals surface area contributed by atoms with Crippen molar-refractivity contribution in [2.24, 2.45) is 0 Å². The summed E-state index contributed by atoms with van der Waals surface area (Å²) in [5.74, 6) is -0.702. The van der Waals surface area contributed by atoms with Gasteiger partial charge in [-0.25, -0.2) is 9.71 Å². The van der Waals surface area contributed by atoms with Gasteiger partial charge in [-0.3, -0.25) is 4.79 Å². The average Bonchev–Trinajstić information content (AvgIpc) is 2.20. The Kier molecular flexibility index (Phi) is 3.59. The number of hydrogen-bond donors (Lipinski definition) is 1. The van der Waals surface area contributed by atoms with Crippen molar-refractivity contribution in [1.29, 1.82) is 0 Å². The maximum Gasteiger partial charge on any atom is 0.251 e. The summed E-state index contributed by atoms with van der Waals surface area (Å²) < 4.78 is 12.9. The highest BCUT2D eigenvalue weighted by Crippen LogP contribution is 2.11. The van der Waals surface area contributed by atoms with Crippen LogP contribution in [0.25, 0.3) is 0 Å². The van der Waals surface area contributed by atoms with Crippen LogP contribution in [0.5, 0.6) is 0 Å². The first-order valence-corrected chi connectivity index (χ1v) is 4.25. The number of amides is 1. The highest BCUT2D eigenvalue weighted by Gasteiger charge is 2.10. The smallest absolute Gasteiger partial charge is 0.251 e. The zero-order valence-electron chi connectivity index (χ0n) is 8.17. The molecule has 0 aliphatic heterocycles. The van der Waals surface area contributed by atoms with Crippen LogP contribution < -0.4 is 10.6 Å². The van der Waals surface area contributed by atoms with E-state index in [1.807, 2.05) is 0 Å². The Balaban J connectivity index is 3.08. The van der Waals surface area contributed by atoms with E-state index >= 15 is 0 Å². The molecule has 75 valence electrons. The lowest BCUT2D eigenvalue weighted by Crippen LogP contribution is -2.20. The number of nitrogens with zero attached hydrogens (tertiary/aromatic N) is 1. The van der Waals surface area contributed by atoms with E-state index in [2.05, 4.69) is 10.6 Å². The Hall–Kier alpha value is -1.42. The fourth-order valence-corrected chi connectivity index (χ4v) is 1.20. The van der Waals surface area contributed by atoms with Gasteiger partial charge in [0.2, 0.25) is 0 Å². The van der Waals surface area contributed by atoms with E-state index in [4.69, 9.17) is 0 Å². The van der Waals surface area contributed by atoms with E-state index < -0.39 is 5.82 Å². The van der Waals surface area contributed by atoms with Crippen molar-refractivity contribution >= 4 is 5.91 Å². The molecule has 0 bridgehead atoms. The number of rotatable bonds is 3. The maximum atomic E-state index is 12.9. The molecule has 1 N–H and O–H groups in total. The van der Waals surface area contributed by atoms with Crippen LogP contribution in [0, 0.1) is 5.82 Å². The standard InChI is InChI=1S/C10H12FN2O/c1-12-6-7-3-4-8(11)5-9(7)10(14)13-2/h3-5H,6H2,1-2H3,(H,13,14). The summed E-state index contributed by atoms with van der Waals surface area (Å²) in [6.45, 7) is 0.420. The first-order chi connectivity index (χ1) is 6.69. The highest BCUT2D eigenvalue weighted by molar-refractivity contribution is 5.95. The van der Waals surface area contributed by atoms with E-state index in [1.54, 1.807) is 13.1 Å². The first-order valence-electron chi connectivity index (χ1n) is 4.25. The number of benzene rings is 1. The summed E-state index contributed by atoms with van der Waals surface area (Å²) in [6, 6.07) is 4.12. The minimum absolute atomic E-state index is 0.289. The molecule has 0 atom stereocenters. The van der Waals surface area contributed by atoms with E-state index in [0.29, 0.717) is 12.1 Å². The van der Waals surface area contributed by atoms with Gasteiger partial charge >= 0.3 is 0 Å². The molecule has 0 spiro atoms. The lowest BCUT2D eigenvalue weighted by Gasteiger charge is -2.06. The monoisotopic (exact) mass is 195 g/mol. The zero-order valence-corrected chi connectivity index (χ0v) is 8.17. The van der Waals surface area contributed by atoms with Gasteiger partial charge in [-0.15, -0.1) is 0 Å². The number of hydrogen-bond acceptors (Lipinski definition) is 1. The summed E-state index contributed by atoms with van der Waals surface area (Å²) in [5.41, 5.74) is 1.08. The molecule has 0 heterocycles. The van der Waals surface area contributed by atoms with E-state index in [1.165, 1.54) is 19.2 Å². The van der Waals surface area contributed by atoms with Gasteiger partial charge in [0.25, 0.3) is 5.91 Å². The van der Waals surface area contributed by atoms with Gasteiger partial charge in [-0.05, 0) is 17.7 Å². The highest BCUT2D eigenvalue weighted by atomic mass is 19.1. The molecule has 0 aliphatic rings. The molecule has 1 radical (unpaired) electrons. The fourth-order valence-electron chi connectivity index (χ4n) is 1.20. The van der Waals surface area contributed by atoms with Gasteiger partial charge in [-0.1, -0.05) is 6.07 Å². The Morgan fingerprint density at radius 3 is 2.86 bits per heavy atom. The molecule has 0 saturated carbocycles. The SMILES string of the molecule is C[N]Cc1ccc(F)cc1C(=O)NC. The lowest BCUT2D eigenvalue weighted by molar-refractivity contribution is 0.0961. The van der Waals surface area contributed by atoms with Crippen molar-refractivity contribution in [3.8, 4) is 0 Å². The summed E-state index contributed by atoms with van der Waals surface area (Å²) in [4.78, 5) is 11.3. The van der Waals surface area contributed by atoms with E-state index in [9.17, 15) is 9.18 Å². The lowest BCUT2D eigenvalue weighted by atomic mass is 10.1. The van der Waals surface area contributed by atoms with Crippen LogP contribution in [-0.2, 0) is 6.54 Å². The molecule has 1 amide bonds. The molecular formula is C10H12FN2O. The normalized spacial score (nSPS) is 9.93. The average molecular weight is 195 g/mol. The molecule has 1 aromatic carbocycles. The fraction of sp³-hybridized carbons (Fsp3) is 0.300. The second kappa shape index (κ2) is 4.72. The van der Waals surface area contributed by atoms with Crippen molar-refractivity contribution in [2.45, 2.75) is 6.54 Å². The zero-order chi connectivity index (χ0) is 10.6. The molecule has 3 nitrogen and oxygen atoms in total. The van der Waals surface area contributed by atoms with Gasteiger partial charge < -0.3 is 5.32 Å². The van der Waals surface area contributed by atoms with Crippen LogP contribution in [0.15, 0.2) is 18.2 Å². The van der Waals surface area contributed by atoms with Gasteiger partial charge in [0.1, 0.15) is 5.82 Å². The number of carbonyl (C=O) groups is 1. The molecule has 0 saturated heterocycles. The van der Waals surface area contributed by atoms with Crippen LogP contribution in [-0.4, -0.2) is 20.0 Å². The molecule has 0 aliphatic carbocycles. The van der Waals surface area contributed by atoms with Crippen molar-refractivity contribution in [2.75, 3.05) is 14.1 Å². The maximum absolute atomic E-state index is 12.9. The predicted molar refractivity (Wildman–Crippen MR) is 51.6 cm³/mol. The Bertz CT molecular complexity index is 339. The van der Waals surface area contributed by atoms with Crippen LogP contribution >= 0.6 is 0 Å². The second-order valence-corrected chi connectivity index (χ2v) is 2.85. The number of carbonyl (C=O) groups excluding carboxylic acids is 1. The van der Waals surface area contributed by atoms with Gasteiger partial charge in [0.15, 0.2) is 0 Å². The molecule has 4 heteroatoms. The molecule has 0 fully saturated rings. The molecule has 1 rings (SSSR count). The van der Waals surface area contributed by atoms with E-state index in [-0.39, 0.29) is 5.91 Å². The topological polar surface area (TPSA) is 43.2 Å². The van der Waals surface area contributed by atoms with Gasteiger partial charge in [-0.2, -0.15) is 0 Å². The van der Waals surface area contributed by atoms with Crippen molar-refractivity contribution in [3.05, 3.63) is 35.1 Å². The summed E-state index contributed by atoms with van der Waals surface area (Å²) in [7, 11) is 3.16. The molecule has 0 aromatic heterocycles. The van der Waals surface area contributed by atoms with Crippen molar-refractivity contribution in [3.63, 3.8) is 0 Å². The summed E-state index contributed by atoms with van der Waals surface area (Å²) in [5, 5.41) is 6.37. The van der Waals surface area contributed by atoms with Gasteiger partial charge in [0, 0.05) is 26.2 Å². The second-order valence-electron chi connectivity index (χ2n) is 2.85. The Morgan fingerprint density at radius 1 is 1.57 bits per heavy atom. The number of halogens is 1. The molecule has 14 heavy (non-hydrogen) atoms. The van der Waals surface area contributed by atoms with E-state index in [0.717, 1.165) is 5.56 Å². The minimum Gasteiger partial charge on any atom is -0.355 e. The largest absolute Gasteiger partial charge is 0.355 e. The Morgan fingerprint density at radius 2 is 2.29 bits per heavy atom. The third-order valence-corrected chi connectivity index (χ3v) is 1.87. The van der Waals surface area contributed by atoms with Crippen molar-refractivity contribution in [1.82, 2.24) is 10.6 Å². The quantitative estimate of drug-likeness (QED) is 0.765. The third kappa shape index (κ3) is 2.29. The summed E-state index contributed by atoms with van der Waals surface area (Å²) in [6.07, 6.45) is 0. The summed E-state index contributed by atoms with van der Waals surface area (Å²) >= 11 is 0. The molecular weight excluding hydrogens is 183 g/mol. The minimum atomic E-state index is -0.413. The Labute approximate surface area is 82.3 Å².